The van der Waals surface area contributed by atoms with Gasteiger partial charge in [-0.05, 0) is 12.8 Å². The Hall–Kier alpha value is -0.290. The van der Waals surface area contributed by atoms with E-state index in [9.17, 15) is 13.2 Å². The molecule has 2 nitrogen and oxygen atoms in total. The van der Waals surface area contributed by atoms with Gasteiger partial charge in [-0.2, -0.15) is 13.2 Å². The van der Waals surface area contributed by atoms with Crippen LogP contribution in [-0.4, -0.2) is 42.8 Å². The summed E-state index contributed by atoms with van der Waals surface area (Å²) in [5.41, 5.74) is 0. The molecule has 0 aromatic heterocycles. The average Bonchev–Trinajstić information content (AvgIpc) is 2.16. The van der Waals surface area contributed by atoms with Crippen molar-refractivity contribution in [1.29, 1.82) is 0 Å². The Balaban J connectivity index is 1.97. The second-order valence-corrected chi connectivity index (χ2v) is 4.50. The lowest BCUT2D eigenvalue weighted by Gasteiger charge is -2.44. The van der Waals surface area contributed by atoms with Crippen LogP contribution in [0.3, 0.4) is 0 Å². The third-order valence-electron chi connectivity index (χ3n) is 3.39. The van der Waals surface area contributed by atoms with E-state index in [-0.39, 0.29) is 12.1 Å². The van der Waals surface area contributed by atoms with E-state index in [0.29, 0.717) is 13.1 Å². The van der Waals surface area contributed by atoms with E-state index in [1.165, 1.54) is 0 Å². The maximum absolute atomic E-state index is 12.3. The van der Waals surface area contributed by atoms with Crippen molar-refractivity contribution in [2.75, 3.05) is 19.6 Å². The molecule has 0 spiro atoms. The Morgan fingerprint density at radius 3 is 2.67 bits per heavy atom. The molecule has 0 unspecified atom stereocenters. The molecule has 2 fully saturated rings. The lowest BCUT2D eigenvalue weighted by molar-refractivity contribution is -0.156. The summed E-state index contributed by atoms with van der Waals surface area (Å²) in [6, 6.07) is 0.393. The molecule has 15 heavy (non-hydrogen) atoms. The Morgan fingerprint density at radius 2 is 1.93 bits per heavy atom. The van der Waals surface area contributed by atoms with Crippen LogP contribution in [-0.2, 0) is 0 Å². The van der Waals surface area contributed by atoms with Crippen LogP contribution in [0, 0.1) is 0 Å². The minimum absolute atomic E-state index is 0.106. The number of halogens is 3. The summed E-state index contributed by atoms with van der Waals surface area (Å²) in [7, 11) is 0. The van der Waals surface area contributed by atoms with Gasteiger partial charge in [0.1, 0.15) is 0 Å². The molecule has 0 radical (unpaired) electrons. The molecule has 0 bridgehead atoms. The quantitative estimate of drug-likeness (QED) is 0.727. The van der Waals surface area contributed by atoms with Gasteiger partial charge >= 0.3 is 6.18 Å². The fourth-order valence-electron chi connectivity index (χ4n) is 2.77. The normalized spacial score (nSPS) is 33.8. The minimum atomic E-state index is -4.06. The molecule has 1 saturated carbocycles. The van der Waals surface area contributed by atoms with E-state index >= 15 is 0 Å². The van der Waals surface area contributed by atoms with Crippen LogP contribution in [0.1, 0.15) is 25.7 Å². The Bertz CT molecular complexity index is 215. The molecule has 0 aromatic carbocycles. The smallest absolute Gasteiger partial charge is 0.311 e. The third-order valence-corrected chi connectivity index (χ3v) is 3.39. The highest BCUT2D eigenvalue weighted by Crippen LogP contribution is 2.28. The molecule has 2 rings (SSSR count). The van der Waals surface area contributed by atoms with Crippen molar-refractivity contribution >= 4 is 0 Å². The lowest BCUT2D eigenvalue weighted by Crippen LogP contribution is -2.60. The zero-order valence-corrected chi connectivity index (χ0v) is 8.69. The van der Waals surface area contributed by atoms with Crippen LogP contribution in [0.5, 0.6) is 0 Å². The first-order chi connectivity index (χ1) is 7.06. The van der Waals surface area contributed by atoms with Gasteiger partial charge in [0.2, 0.25) is 0 Å². The number of alkyl halides is 3. The molecule has 1 aliphatic heterocycles. The molecule has 2 atom stereocenters. The van der Waals surface area contributed by atoms with Gasteiger partial charge in [0.25, 0.3) is 0 Å². The van der Waals surface area contributed by atoms with E-state index in [1.54, 1.807) is 4.90 Å². The SMILES string of the molecule is FC(F)(F)CN1CCN[C@H]2CCCC[C@H]21. The first kappa shape index (κ1) is 11.2. The fourth-order valence-corrected chi connectivity index (χ4v) is 2.77. The van der Waals surface area contributed by atoms with Crippen LogP contribution in [0.15, 0.2) is 0 Å². The minimum Gasteiger partial charge on any atom is -0.311 e. The van der Waals surface area contributed by atoms with Crippen molar-refractivity contribution in [2.45, 2.75) is 43.9 Å². The van der Waals surface area contributed by atoms with Gasteiger partial charge < -0.3 is 5.32 Å². The zero-order valence-electron chi connectivity index (χ0n) is 8.69. The highest BCUT2D eigenvalue weighted by atomic mass is 19.4. The molecule has 2 aliphatic rings. The molecule has 5 heteroatoms. The Morgan fingerprint density at radius 1 is 1.20 bits per heavy atom. The summed E-state index contributed by atoms with van der Waals surface area (Å²) in [6.07, 6.45) is 0.0946. The summed E-state index contributed by atoms with van der Waals surface area (Å²) in [4.78, 5) is 1.61. The molecular weight excluding hydrogens is 205 g/mol. The summed E-state index contributed by atoms with van der Waals surface area (Å²) in [5, 5.41) is 3.33. The average molecular weight is 222 g/mol. The van der Waals surface area contributed by atoms with Gasteiger partial charge in [0.05, 0.1) is 6.54 Å². The highest BCUT2D eigenvalue weighted by molar-refractivity contribution is 4.92. The molecule has 1 saturated heterocycles. The maximum Gasteiger partial charge on any atom is 0.401 e. The first-order valence-corrected chi connectivity index (χ1v) is 5.60. The van der Waals surface area contributed by atoms with Gasteiger partial charge in [-0.3, -0.25) is 4.90 Å². The van der Waals surface area contributed by atoms with Crippen molar-refractivity contribution < 1.29 is 13.2 Å². The third kappa shape index (κ3) is 2.84. The molecule has 0 amide bonds. The van der Waals surface area contributed by atoms with Crippen molar-refractivity contribution in [1.82, 2.24) is 10.2 Å². The van der Waals surface area contributed by atoms with E-state index in [4.69, 9.17) is 0 Å². The van der Waals surface area contributed by atoms with Gasteiger partial charge in [0.15, 0.2) is 0 Å². The largest absolute Gasteiger partial charge is 0.401 e. The summed E-state index contributed by atoms with van der Waals surface area (Å²) >= 11 is 0. The predicted octanol–water partition coefficient (Wildman–Crippen LogP) is 1.77. The van der Waals surface area contributed by atoms with Gasteiger partial charge in [-0.15, -0.1) is 0 Å². The fraction of sp³-hybridized carbons (Fsp3) is 1.00. The van der Waals surface area contributed by atoms with E-state index in [1.807, 2.05) is 0 Å². The molecular formula is C10H17F3N2. The van der Waals surface area contributed by atoms with Crippen LogP contribution in [0.4, 0.5) is 13.2 Å². The first-order valence-electron chi connectivity index (χ1n) is 5.60. The molecule has 1 N–H and O–H groups in total. The monoisotopic (exact) mass is 222 g/mol. The standard InChI is InChI=1S/C10H17F3N2/c11-10(12,13)7-15-6-5-14-8-3-1-2-4-9(8)15/h8-9,14H,1-7H2/t8-,9+/m0/s1. The molecule has 0 aromatic rings. The van der Waals surface area contributed by atoms with Crippen LogP contribution >= 0.6 is 0 Å². The zero-order chi connectivity index (χ0) is 10.9. The molecule has 1 aliphatic carbocycles. The summed E-state index contributed by atoms with van der Waals surface area (Å²) in [6.45, 7) is 0.480. The van der Waals surface area contributed by atoms with Gasteiger partial charge in [0, 0.05) is 25.2 Å². The number of rotatable bonds is 1. The summed E-state index contributed by atoms with van der Waals surface area (Å²) in [5.74, 6) is 0. The molecule has 1 heterocycles. The second kappa shape index (κ2) is 4.29. The second-order valence-electron chi connectivity index (χ2n) is 4.50. The highest BCUT2D eigenvalue weighted by Gasteiger charge is 2.39. The lowest BCUT2D eigenvalue weighted by atomic mass is 9.87. The Kier molecular flexibility index (Phi) is 3.21. The van der Waals surface area contributed by atoms with Gasteiger partial charge in [-0.1, -0.05) is 12.8 Å². The topological polar surface area (TPSA) is 15.3 Å². The molecule has 88 valence electrons. The Labute approximate surface area is 87.8 Å². The van der Waals surface area contributed by atoms with E-state index in [0.717, 1.165) is 25.7 Å². The van der Waals surface area contributed by atoms with Crippen molar-refractivity contribution in [3.8, 4) is 0 Å². The summed E-state index contributed by atoms with van der Waals surface area (Å²) < 4.78 is 37.0. The number of hydrogen-bond donors (Lipinski definition) is 1. The van der Waals surface area contributed by atoms with Crippen molar-refractivity contribution in [3.63, 3.8) is 0 Å². The van der Waals surface area contributed by atoms with Crippen LogP contribution in [0.25, 0.3) is 0 Å². The van der Waals surface area contributed by atoms with E-state index < -0.39 is 12.7 Å². The number of piperazine rings is 1. The van der Waals surface area contributed by atoms with E-state index in [2.05, 4.69) is 5.32 Å². The number of nitrogens with one attached hydrogen (secondary N) is 1. The predicted molar refractivity (Wildman–Crippen MR) is 51.7 cm³/mol. The maximum atomic E-state index is 12.3. The van der Waals surface area contributed by atoms with Crippen molar-refractivity contribution in [2.24, 2.45) is 0 Å². The van der Waals surface area contributed by atoms with Gasteiger partial charge in [-0.25, -0.2) is 0 Å². The van der Waals surface area contributed by atoms with Crippen LogP contribution < -0.4 is 5.32 Å². The van der Waals surface area contributed by atoms with Crippen molar-refractivity contribution in [3.05, 3.63) is 0 Å². The number of nitrogens with zero attached hydrogens (tertiary/aromatic N) is 1. The van der Waals surface area contributed by atoms with Crippen LogP contribution in [0.2, 0.25) is 0 Å². The number of fused-ring (bicyclic) bond motifs is 1. The number of hydrogen-bond acceptors (Lipinski definition) is 2.